The second kappa shape index (κ2) is 4.28. The Balaban J connectivity index is 1.95. The number of hydrogen-bond acceptors (Lipinski definition) is 3. The predicted octanol–water partition coefficient (Wildman–Crippen LogP) is 2.67. The summed E-state index contributed by atoms with van der Waals surface area (Å²) in [7, 11) is 0. The van der Waals surface area contributed by atoms with E-state index in [1.807, 2.05) is 19.1 Å². The number of nitrogens with zero attached hydrogens (tertiary/aromatic N) is 2. The van der Waals surface area contributed by atoms with Gasteiger partial charge in [-0.15, -0.1) is 0 Å². The Morgan fingerprint density at radius 3 is 2.94 bits per heavy atom. The first-order chi connectivity index (χ1) is 8.70. The summed E-state index contributed by atoms with van der Waals surface area (Å²) < 4.78 is 7.79. The Bertz CT molecular complexity index is 570. The predicted molar refractivity (Wildman–Crippen MR) is 72.6 cm³/mol. The summed E-state index contributed by atoms with van der Waals surface area (Å²) in [6.07, 6.45) is 2.47. The van der Waals surface area contributed by atoms with Crippen LogP contribution < -0.4 is 5.73 Å². The fourth-order valence-electron chi connectivity index (χ4n) is 2.83. The summed E-state index contributed by atoms with van der Waals surface area (Å²) in [5, 5.41) is 0. The minimum atomic E-state index is 0.390. The molecule has 18 heavy (non-hydrogen) atoms. The van der Waals surface area contributed by atoms with E-state index in [0.29, 0.717) is 18.1 Å². The molecule has 4 heteroatoms. The van der Waals surface area contributed by atoms with Gasteiger partial charge in [0.2, 0.25) is 5.95 Å². The smallest absolute Gasteiger partial charge is 0.201 e. The van der Waals surface area contributed by atoms with Crippen LogP contribution in [0.25, 0.3) is 11.0 Å². The lowest BCUT2D eigenvalue weighted by molar-refractivity contribution is -0.0182. The third-order valence-corrected chi connectivity index (χ3v) is 3.78. The van der Waals surface area contributed by atoms with Gasteiger partial charge in [0, 0.05) is 12.6 Å². The number of nitrogens with two attached hydrogens (primary N) is 1. The van der Waals surface area contributed by atoms with Gasteiger partial charge in [-0.3, -0.25) is 0 Å². The number of imidazole rings is 1. The quantitative estimate of drug-likeness (QED) is 0.904. The Morgan fingerprint density at radius 1 is 1.44 bits per heavy atom. The first kappa shape index (κ1) is 11.5. The van der Waals surface area contributed by atoms with Crippen LogP contribution in [0.5, 0.6) is 0 Å². The molecule has 2 N–H and O–H groups in total. The lowest BCUT2D eigenvalue weighted by Crippen LogP contribution is -2.33. The van der Waals surface area contributed by atoms with Gasteiger partial charge in [-0.05, 0) is 38.3 Å². The molecular formula is C14H19N3O. The Kier molecular flexibility index (Phi) is 2.74. The molecule has 0 saturated heterocycles. The van der Waals surface area contributed by atoms with Crippen LogP contribution in [0.1, 0.15) is 31.4 Å². The van der Waals surface area contributed by atoms with Crippen molar-refractivity contribution in [3.63, 3.8) is 0 Å². The molecule has 1 heterocycles. The molecule has 1 aliphatic carbocycles. The van der Waals surface area contributed by atoms with Crippen molar-refractivity contribution in [3.05, 3.63) is 23.8 Å². The maximum atomic E-state index is 6.06. The number of anilines is 1. The van der Waals surface area contributed by atoms with E-state index >= 15 is 0 Å². The van der Waals surface area contributed by atoms with Gasteiger partial charge in [0.25, 0.3) is 0 Å². The van der Waals surface area contributed by atoms with Gasteiger partial charge in [-0.2, -0.15) is 0 Å². The highest BCUT2D eigenvalue weighted by molar-refractivity contribution is 5.81. The molecule has 0 unspecified atom stereocenters. The van der Waals surface area contributed by atoms with Crippen LogP contribution in [0.4, 0.5) is 5.95 Å². The minimum Gasteiger partial charge on any atom is -0.378 e. The van der Waals surface area contributed by atoms with Crippen molar-refractivity contribution in [1.82, 2.24) is 9.55 Å². The lowest BCUT2D eigenvalue weighted by atomic mass is 9.88. The fourth-order valence-corrected chi connectivity index (χ4v) is 2.83. The van der Waals surface area contributed by atoms with E-state index in [0.717, 1.165) is 25.0 Å². The molecule has 0 atom stereocenters. The van der Waals surface area contributed by atoms with Gasteiger partial charge in [-0.25, -0.2) is 4.98 Å². The molecule has 0 spiro atoms. The Labute approximate surface area is 107 Å². The van der Waals surface area contributed by atoms with Gasteiger partial charge in [0.15, 0.2) is 0 Å². The van der Waals surface area contributed by atoms with E-state index in [9.17, 15) is 0 Å². The maximum absolute atomic E-state index is 6.06. The molecule has 0 radical (unpaired) electrons. The van der Waals surface area contributed by atoms with Gasteiger partial charge in [-0.1, -0.05) is 12.1 Å². The molecule has 4 nitrogen and oxygen atoms in total. The van der Waals surface area contributed by atoms with Gasteiger partial charge in [0.1, 0.15) is 0 Å². The van der Waals surface area contributed by atoms with Crippen molar-refractivity contribution >= 4 is 17.0 Å². The number of para-hydroxylation sites is 1. The third-order valence-electron chi connectivity index (χ3n) is 3.78. The van der Waals surface area contributed by atoms with E-state index in [4.69, 9.17) is 10.5 Å². The molecule has 0 bridgehead atoms. The van der Waals surface area contributed by atoms with Gasteiger partial charge < -0.3 is 15.0 Å². The molecule has 1 saturated carbocycles. The zero-order chi connectivity index (χ0) is 12.7. The number of aromatic nitrogens is 2. The summed E-state index contributed by atoms with van der Waals surface area (Å²) in [5.74, 6) is 0.624. The topological polar surface area (TPSA) is 53.1 Å². The Hall–Kier alpha value is -1.55. The number of benzene rings is 1. The fraction of sp³-hybridized carbons (Fsp3) is 0.500. The zero-order valence-electron chi connectivity index (χ0n) is 10.9. The van der Waals surface area contributed by atoms with Crippen molar-refractivity contribution < 1.29 is 4.74 Å². The summed E-state index contributed by atoms with van der Waals surface area (Å²) in [6, 6.07) is 6.60. The van der Waals surface area contributed by atoms with Crippen molar-refractivity contribution in [2.24, 2.45) is 0 Å². The highest BCUT2D eigenvalue weighted by Crippen LogP contribution is 2.39. The number of nitrogen functional groups attached to an aromatic ring is 1. The molecule has 0 amide bonds. The lowest BCUT2D eigenvalue weighted by Gasteiger charge is -2.36. The minimum absolute atomic E-state index is 0.390. The molecule has 2 aromatic rings. The van der Waals surface area contributed by atoms with Crippen molar-refractivity contribution in [2.75, 3.05) is 12.3 Å². The molecule has 1 fully saturated rings. The highest BCUT2D eigenvalue weighted by atomic mass is 16.5. The second-order valence-electron chi connectivity index (χ2n) is 4.99. The van der Waals surface area contributed by atoms with Crippen LogP contribution in [-0.4, -0.2) is 22.3 Å². The van der Waals surface area contributed by atoms with Crippen LogP contribution in [0.2, 0.25) is 0 Å². The molecular weight excluding hydrogens is 226 g/mol. The van der Waals surface area contributed by atoms with Crippen LogP contribution in [0.15, 0.2) is 18.2 Å². The number of rotatable bonds is 3. The molecule has 3 rings (SSSR count). The molecule has 1 aliphatic rings. The van der Waals surface area contributed by atoms with Crippen molar-refractivity contribution in [1.29, 1.82) is 0 Å². The van der Waals surface area contributed by atoms with Crippen molar-refractivity contribution in [3.8, 4) is 0 Å². The average Bonchev–Trinajstić information content (AvgIpc) is 2.61. The standard InChI is InChI=1S/C14H19N3O/c1-3-18-11-7-10(8-11)17-13-9(2)5-4-6-12(13)16-14(17)15/h4-6,10-11H,3,7-8H2,1-2H3,(H2,15,16). The molecule has 1 aromatic heterocycles. The van der Waals surface area contributed by atoms with Crippen LogP contribution >= 0.6 is 0 Å². The summed E-state index contributed by atoms with van der Waals surface area (Å²) in [5.41, 5.74) is 9.46. The van der Waals surface area contributed by atoms with Crippen LogP contribution in [0.3, 0.4) is 0 Å². The van der Waals surface area contributed by atoms with E-state index in [1.54, 1.807) is 0 Å². The van der Waals surface area contributed by atoms with Gasteiger partial charge >= 0.3 is 0 Å². The largest absolute Gasteiger partial charge is 0.378 e. The van der Waals surface area contributed by atoms with E-state index < -0.39 is 0 Å². The van der Waals surface area contributed by atoms with E-state index in [1.165, 1.54) is 11.1 Å². The number of aryl methyl sites for hydroxylation is 1. The second-order valence-corrected chi connectivity index (χ2v) is 4.99. The first-order valence-corrected chi connectivity index (χ1v) is 6.55. The third kappa shape index (κ3) is 1.68. The monoisotopic (exact) mass is 245 g/mol. The number of fused-ring (bicyclic) bond motifs is 1. The zero-order valence-corrected chi connectivity index (χ0v) is 10.9. The average molecular weight is 245 g/mol. The van der Waals surface area contributed by atoms with Crippen LogP contribution in [-0.2, 0) is 4.74 Å². The number of ether oxygens (including phenoxy) is 1. The first-order valence-electron chi connectivity index (χ1n) is 6.55. The SMILES string of the molecule is CCOC1CC(n2c(N)nc3cccc(C)c32)C1. The highest BCUT2D eigenvalue weighted by Gasteiger charge is 2.33. The molecule has 96 valence electrons. The summed E-state index contributed by atoms with van der Waals surface area (Å²) >= 11 is 0. The molecule has 1 aromatic carbocycles. The van der Waals surface area contributed by atoms with Crippen molar-refractivity contribution in [2.45, 2.75) is 38.8 Å². The van der Waals surface area contributed by atoms with E-state index in [2.05, 4.69) is 22.5 Å². The normalized spacial score (nSPS) is 23.2. The maximum Gasteiger partial charge on any atom is 0.201 e. The number of hydrogen-bond donors (Lipinski definition) is 1. The van der Waals surface area contributed by atoms with E-state index in [-0.39, 0.29) is 0 Å². The summed E-state index contributed by atoms with van der Waals surface area (Å²) in [4.78, 5) is 4.45. The van der Waals surface area contributed by atoms with Crippen LogP contribution in [0, 0.1) is 6.92 Å². The van der Waals surface area contributed by atoms with Gasteiger partial charge in [0.05, 0.1) is 17.1 Å². The Morgan fingerprint density at radius 2 is 2.22 bits per heavy atom. The summed E-state index contributed by atoms with van der Waals surface area (Å²) in [6.45, 7) is 4.94. The molecule has 0 aliphatic heterocycles.